The molecule has 0 spiro atoms. The summed E-state index contributed by atoms with van der Waals surface area (Å²) in [7, 11) is 0. The average molecular weight is 220 g/mol. The summed E-state index contributed by atoms with van der Waals surface area (Å²) in [5, 5.41) is 5.47. The molecule has 0 heteroatoms. The quantitative estimate of drug-likeness (QED) is 0.513. The van der Waals surface area contributed by atoms with E-state index in [2.05, 4.69) is 62.4 Å². The lowest BCUT2D eigenvalue weighted by molar-refractivity contribution is 1.13. The Morgan fingerprint density at radius 3 is 2.35 bits per heavy atom. The first-order valence-corrected chi connectivity index (χ1v) is 6.21. The van der Waals surface area contributed by atoms with Crippen LogP contribution in [0.3, 0.4) is 0 Å². The molecule has 0 atom stereocenters. The molecule has 3 rings (SSSR count). The number of rotatable bonds is 1. The third kappa shape index (κ3) is 1.52. The molecule has 3 aromatic rings. The zero-order valence-electron chi connectivity index (χ0n) is 10.3. The van der Waals surface area contributed by atoms with Crippen LogP contribution in [0.25, 0.3) is 21.5 Å². The van der Waals surface area contributed by atoms with Gasteiger partial charge in [-0.2, -0.15) is 0 Å². The molecule has 0 heterocycles. The number of fused-ring (bicyclic) bond motifs is 3. The zero-order valence-corrected chi connectivity index (χ0v) is 10.3. The molecule has 0 aliphatic carbocycles. The van der Waals surface area contributed by atoms with Gasteiger partial charge < -0.3 is 0 Å². The monoisotopic (exact) mass is 220 g/mol. The third-order valence-corrected chi connectivity index (χ3v) is 3.63. The molecular weight excluding hydrogens is 204 g/mol. The molecule has 17 heavy (non-hydrogen) atoms. The van der Waals surface area contributed by atoms with Crippen molar-refractivity contribution in [3.05, 3.63) is 59.7 Å². The number of aryl methyl sites for hydroxylation is 2. The van der Waals surface area contributed by atoms with Crippen LogP contribution in [0.15, 0.2) is 48.5 Å². The number of benzene rings is 3. The highest BCUT2D eigenvalue weighted by Gasteiger charge is 2.05. The molecule has 0 aliphatic rings. The van der Waals surface area contributed by atoms with Gasteiger partial charge in [0.15, 0.2) is 0 Å². The third-order valence-electron chi connectivity index (χ3n) is 3.63. The van der Waals surface area contributed by atoms with Gasteiger partial charge >= 0.3 is 0 Å². The fraction of sp³-hybridized carbons (Fsp3) is 0.176. The Morgan fingerprint density at radius 2 is 1.53 bits per heavy atom. The average Bonchev–Trinajstić information content (AvgIpc) is 2.38. The van der Waals surface area contributed by atoms with Gasteiger partial charge in [0.05, 0.1) is 0 Å². The van der Waals surface area contributed by atoms with Crippen molar-refractivity contribution < 1.29 is 0 Å². The van der Waals surface area contributed by atoms with Crippen LogP contribution in [-0.4, -0.2) is 0 Å². The lowest BCUT2D eigenvalue weighted by Crippen LogP contribution is -1.89. The van der Waals surface area contributed by atoms with Crippen LogP contribution >= 0.6 is 0 Å². The van der Waals surface area contributed by atoms with E-state index in [-0.39, 0.29) is 0 Å². The highest BCUT2D eigenvalue weighted by molar-refractivity contribution is 6.08. The van der Waals surface area contributed by atoms with Gasteiger partial charge in [0.1, 0.15) is 0 Å². The normalized spacial score (nSPS) is 11.2. The van der Waals surface area contributed by atoms with Gasteiger partial charge in [0, 0.05) is 0 Å². The summed E-state index contributed by atoms with van der Waals surface area (Å²) < 4.78 is 0. The van der Waals surface area contributed by atoms with E-state index in [9.17, 15) is 0 Å². The topological polar surface area (TPSA) is 0 Å². The van der Waals surface area contributed by atoms with E-state index in [1.54, 1.807) is 0 Å². The molecule has 3 aromatic carbocycles. The molecule has 0 amide bonds. The molecule has 0 unspecified atom stereocenters. The van der Waals surface area contributed by atoms with E-state index in [4.69, 9.17) is 0 Å². The molecule has 0 saturated carbocycles. The summed E-state index contributed by atoms with van der Waals surface area (Å²) in [5.74, 6) is 0. The Bertz CT molecular complexity index is 693. The van der Waals surface area contributed by atoms with Crippen LogP contribution < -0.4 is 0 Å². The zero-order chi connectivity index (χ0) is 11.8. The van der Waals surface area contributed by atoms with Crippen LogP contribution in [0, 0.1) is 6.92 Å². The fourth-order valence-electron chi connectivity index (χ4n) is 2.73. The molecule has 0 radical (unpaired) electrons. The first-order valence-electron chi connectivity index (χ1n) is 6.21. The predicted molar refractivity (Wildman–Crippen MR) is 75.6 cm³/mol. The summed E-state index contributed by atoms with van der Waals surface area (Å²) in [4.78, 5) is 0. The van der Waals surface area contributed by atoms with Crippen molar-refractivity contribution in [1.82, 2.24) is 0 Å². The van der Waals surface area contributed by atoms with Gasteiger partial charge in [-0.25, -0.2) is 0 Å². The second-order valence-electron chi connectivity index (χ2n) is 4.60. The summed E-state index contributed by atoms with van der Waals surface area (Å²) in [5.41, 5.74) is 2.88. The lowest BCUT2D eigenvalue weighted by atomic mass is 9.94. The number of hydrogen-bond donors (Lipinski definition) is 0. The molecule has 0 fully saturated rings. The predicted octanol–water partition coefficient (Wildman–Crippen LogP) is 4.86. The van der Waals surface area contributed by atoms with Crippen molar-refractivity contribution in [1.29, 1.82) is 0 Å². The van der Waals surface area contributed by atoms with E-state index in [0.717, 1.165) is 6.42 Å². The van der Waals surface area contributed by atoms with Crippen LogP contribution in [0.5, 0.6) is 0 Å². The molecule has 0 bridgehead atoms. The highest BCUT2D eigenvalue weighted by atomic mass is 14.1. The lowest BCUT2D eigenvalue weighted by Gasteiger charge is -2.10. The Labute approximate surface area is 102 Å². The van der Waals surface area contributed by atoms with Gasteiger partial charge in [-0.3, -0.25) is 0 Å². The Morgan fingerprint density at radius 1 is 0.765 bits per heavy atom. The van der Waals surface area contributed by atoms with E-state index >= 15 is 0 Å². The summed E-state index contributed by atoms with van der Waals surface area (Å²) in [6.45, 7) is 4.43. The van der Waals surface area contributed by atoms with Crippen molar-refractivity contribution in [2.24, 2.45) is 0 Å². The van der Waals surface area contributed by atoms with Gasteiger partial charge in [-0.05, 0) is 46.0 Å². The minimum absolute atomic E-state index is 1.10. The van der Waals surface area contributed by atoms with E-state index in [1.807, 2.05) is 0 Å². The smallest absolute Gasteiger partial charge is 0.0102 e. The highest BCUT2D eigenvalue weighted by Crippen LogP contribution is 2.29. The SMILES string of the molecule is CCc1c(C)ccc2c1ccc1ccccc12. The standard InChI is InChI=1S/C17H16/c1-3-14-12(2)8-10-17-15-7-5-4-6-13(15)9-11-16(14)17/h4-11H,3H2,1-2H3. The Kier molecular flexibility index (Phi) is 2.36. The summed E-state index contributed by atoms with van der Waals surface area (Å²) in [6.07, 6.45) is 1.10. The molecule has 0 aromatic heterocycles. The maximum Gasteiger partial charge on any atom is -0.0102 e. The summed E-state index contributed by atoms with van der Waals surface area (Å²) in [6, 6.07) is 17.6. The Balaban J connectivity index is 2.52. The van der Waals surface area contributed by atoms with Crippen LogP contribution in [0.1, 0.15) is 18.1 Å². The minimum Gasteiger partial charge on any atom is -0.0616 e. The van der Waals surface area contributed by atoms with E-state index in [1.165, 1.54) is 32.7 Å². The molecule has 0 aliphatic heterocycles. The molecule has 0 N–H and O–H groups in total. The van der Waals surface area contributed by atoms with Gasteiger partial charge in [0.2, 0.25) is 0 Å². The van der Waals surface area contributed by atoms with Gasteiger partial charge in [-0.15, -0.1) is 0 Å². The second kappa shape index (κ2) is 3.89. The van der Waals surface area contributed by atoms with Crippen LogP contribution in [0.4, 0.5) is 0 Å². The Hall–Kier alpha value is -1.82. The molecular formula is C17H16. The van der Waals surface area contributed by atoms with Gasteiger partial charge in [0.25, 0.3) is 0 Å². The van der Waals surface area contributed by atoms with Gasteiger partial charge in [-0.1, -0.05) is 55.5 Å². The number of hydrogen-bond acceptors (Lipinski definition) is 0. The largest absolute Gasteiger partial charge is 0.0616 e. The van der Waals surface area contributed by atoms with Crippen LogP contribution in [-0.2, 0) is 6.42 Å². The maximum atomic E-state index is 2.27. The van der Waals surface area contributed by atoms with E-state index in [0.29, 0.717) is 0 Å². The molecule has 0 nitrogen and oxygen atoms in total. The van der Waals surface area contributed by atoms with Crippen molar-refractivity contribution >= 4 is 21.5 Å². The van der Waals surface area contributed by atoms with Crippen molar-refractivity contribution in [3.8, 4) is 0 Å². The van der Waals surface area contributed by atoms with E-state index < -0.39 is 0 Å². The minimum atomic E-state index is 1.10. The first-order chi connectivity index (χ1) is 8.31. The first kappa shape index (κ1) is 10.3. The van der Waals surface area contributed by atoms with Crippen molar-refractivity contribution in [3.63, 3.8) is 0 Å². The second-order valence-corrected chi connectivity index (χ2v) is 4.60. The molecule has 84 valence electrons. The van der Waals surface area contributed by atoms with Crippen LogP contribution in [0.2, 0.25) is 0 Å². The maximum absolute atomic E-state index is 2.27. The van der Waals surface area contributed by atoms with Crippen molar-refractivity contribution in [2.45, 2.75) is 20.3 Å². The fourth-order valence-corrected chi connectivity index (χ4v) is 2.73. The molecule has 0 saturated heterocycles. The summed E-state index contributed by atoms with van der Waals surface area (Å²) >= 11 is 0. The van der Waals surface area contributed by atoms with Crippen molar-refractivity contribution in [2.75, 3.05) is 0 Å².